The summed E-state index contributed by atoms with van der Waals surface area (Å²) in [4.78, 5) is -1.55. The summed E-state index contributed by atoms with van der Waals surface area (Å²) < 4.78 is 75.4. The van der Waals surface area contributed by atoms with Crippen molar-refractivity contribution in [1.82, 2.24) is 0 Å². The molecular formula is C11H9ClF6. The van der Waals surface area contributed by atoms with E-state index in [0.29, 0.717) is 18.2 Å². The first-order valence-electron chi connectivity index (χ1n) is 4.81. The molecule has 0 atom stereocenters. The number of halogens is 7. The van der Waals surface area contributed by atoms with Crippen molar-refractivity contribution >= 4 is 11.6 Å². The highest BCUT2D eigenvalue weighted by molar-refractivity contribution is 6.23. The first-order valence-corrected chi connectivity index (χ1v) is 5.19. The number of rotatable bonds is 1. The van der Waals surface area contributed by atoms with Crippen molar-refractivity contribution in [3.05, 3.63) is 34.9 Å². The minimum absolute atomic E-state index is 0.398. The smallest absolute Gasteiger partial charge is 0.166 e. The summed E-state index contributed by atoms with van der Waals surface area (Å²) in [6.07, 6.45) is -9.45. The highest BCUT2D eigenvalue weighted by atomic mass is 35.5. The third-order valence-electron chi connectivity index (χ3n) is 2.29. The van der Waals surface area contributed by atoms with Gasteiger partial charge in [-0.05, 0) is 37.6 Å². The van der Waals surface area contributed by atoms with Crippen LogP contribution < -0.4 is 0 Å². The van der Waals surface area contributed by atoms with E-state index < -0.39 is 33.9 Å². The highest BCUT2D eigenvalue weighted by Gasteiger charge is 2.40. The van der Waals surface area contributed by atoms with E-state index in [1.165, 1.54) is 13.8 Å². The molecule has 0 nitrogen and oxygen atoms in total. The maximum Gasteiger partial charge on any atom is 0.416 e. The van der Waals surface area contributed by atoms with Gasteiger partial charge in [-0.2, -0.15) is 26.3 Å². The van der Waals surface area contributed by atoms with Crippen LogP contribution in [0.3, 0.4) is 0 Å². The van der Waals surface area contributed by atoms with E-state index in [-0.39, 0.29) is 0 Å². The highest BCUT2D eigenvalue weighted by Crippen LogP contribution is 2.42. The molecule has 1 aromatic rings. The molecule has 0 heterocycles. The Labute approximate surface area is 105 Å². The van der Waals surface area contributed by atoms with Gasteiger partial charge in [0.25, 0.3) is 0 Å². The number of alkyl halides is 7. The summed E-state index contributed by atoms with van der Waals surface area (Å²) in [6, 6.07) is 1.24. The molecular weight excluding hydrogens is 282 g/mol. The summed E-state index contributed by atoms with van der Waals surface area (Å²) in [7, 11) is 0. The number of hydrogen-bond acceptors (Lipinski definition) is 0. The van der Waals surface area contributed by atoms with Crippen molar-refractivity contribution in [3.8, 4) is 0 Å². The second-order valence-corrected chi connectivity index (χ2v) is 5.17. The first-order chi connectivity index (χ1) is 7.83. The lowest BCUT2D eigenvalue weighted by atomic mass is 9.93. The minimum Gasteiger partial charge on any atom is -0.166 e. The van der Waals surface area contributed by atoms with E-state index in [4.69, 9.17) is 11.6 Å². The van der Waals surface area contributed by atoms with Crippen LogP contribution in [-0.4, -0.2) is 0 Å². The molecule has 0 aliphatic rings. The molecule has 0 aliphatic heterocycles. The van der Waals surface area contributed by atoms with Crippen LogP contribution in [0.2, 0.25) is 0 Å². The SMILES string of the molecule is CC(C)(Cl)c1cc(C(F)(F)F)ccc1C(F)(F)F. The maximum atomic E-state index is 12.7. The fourth-order valence-electron chi connectivity index (χ4n) is 1.46. The minimum atomic E-state index is -4.74. The monoisotopic (exact) mass is 290 g/mol. The standard InChI is InChI=1S/C11H9ClF6/c1-9(2,12)8-5-6(10(13,14)15)3-4-7(8)11(16,17)18/h3-5H,1-2H3. The van der Waals surface area contributed by atoms with E-state index in [9.17, 15) is 26.3 Å². The number of benzene rings is 1. The van der Waals surface area contributed by atoms with E-state index in [1.807, 2.05) is 0 Å². The van der Waals surface area contributed by atoms with E-state index in [1.54, 1.807) is 0 Å². The normalized spacial score (nSPS) is 13.8. The lowest BCUT2D eigenvalue weighted by Gasteiger charge is -2.23. The Morgan fingerprint density at radius 2 is 1.33 bits per heavy atom. The van der Waals surface area contributed by atoms with Crippen LogP contribution in [0.1, 0.15) is 30.5 Å². The Hall–Kier alpha value is -0.910. The molecule has 0 aromatic heterocycles. The molecule has 0 saturated heterocycles. The number of hydrogen-bond donors (Lipinski definition) is 0. The van der Waals surface area contributed by atoms with Crippen LogP contribution in [0.15, 0.2) is 18.2 Å². The van der Waals surface area contributed by atoms with Crippen molar-refractivity contribution in [2.45, 2.75) is 31.1 Å². The summed E-state index contributed by atoms with van der Waals surface area (Å²) in [5.74, 6) is 0. The summed E-state index contributed by atoms with van der Waals surface area (Å²) >= 11 is 5.72. The quantitative estimate of drug-likeness (QED) is 0.493. The van der Waals surface area contributed by atoms with E-state index in [2.05, 4.69) is 0 Å². The van der Waals surface area contributed by atoms with Gasteiger partial charge in [0, 0.05) is 0 Å². The van der Waals surface area contributed by atoms with Crippen molar-refractivity contribution in [3.63, 3.8) is 0 Å². The van der Waals surface area contributed by atoms with Crippen molar-refractivity contribution in [2.75, 3.05) is 0 Å². The Kier molecular flexibility index (Phi) is 3.64. The molecule has 102 valence electrons. The molecule has 0 bridgehead atoms. The first kappa shape index (κ1) is 15.1. The zero-order chi connectivity index (χ0) is 14.4. The second kappa shape index (κ2) is 4.33. The molecule has 1 aromatic carbocycles. The summed E-state index contributed by atoms with van der Waals surface area (Å²) in [5, 5.41) is 0. The van der Waals surface area contributed by atoms with Gasteiger partial charge in [-0.15, -0.1) is 11.6 Å². The Bertz CT molecular complexity index is 438. The summed E-state index contributed by atoms with van der Waals surface area (Å²) in [6.45, 7) is 2.42. The molecule has 0 unspecified atom stereocenters. The molecule has 0 N–H and O–H groups in total. The predicted octanol–water partition coefficient (Wildman–Crippen LogP) is 5.20. The largest absolute Gasteiger partial charge is 0.416 e. The summed E-state index contributed by atoms with van der Waals surface area (Å²) in [5.41, 5.74) is -2.90. The van der Waals surface area contributed by atoms with Gasteiger partial charge >= 0.3 is 12.4 Å². The van der Waals surface area contributed by atoms with Gasteiger partial charge in [-0.25, -0.2) is 0 Å². The second-order valence-electron chi connectivity index (χ2n) is 4.23. The van der Waals surface area contributed by atoms with Crippen molar-refractivity contribution < 1.29 is 26.3 Å². The molecule has 0 amide bonds. The fraction of sp³-hybridized carbons (Fsp3) is 0.455. The van der Waals surface area contributed by atoms with Gasteiger partial charge < -0.3 is 0 Å². The molecule has 0 saturated carbocycles. The zero-order valence-electron chi connectivity index (χ0n) is 9.38. The molecule has 0 fully saturated rings. The van der Waals surface area contributed by atoms with Crippen LogP contribution in [0.5, 0.6) is 0 Å². The van der Waals surface area contributed by atoms with Crippen LogP contribution >= 0.6 is 11.6 Å². The van der Waals surface area contributed by atoms with Crippen LogP contribution in [-0.2, 0) is 17.2 Å². The fourth-order valence-corrected chi connectivity index (χ4v) is 1.62. The van der Waals surface area contributed by atoms with Gasteiger partial charge in [0.1, 0.15) is 0 Å². The Morgan fingerprint density at radius 3 is 1.67 bits per heavy atom. The van der Waals surface area contributed by atoms with Crippen molar-refractivity contribution in [1.29, 1.82) is 0 Å². The lowest BCUT2D eigenvalue weighted by Crippen LogP contribution is -2.19. The molecule has 7 heteroatoms. The Balaban J connectivity index is 3.50. The average Bonchev–Trinajstić information content (AvgIpc) is 2.12. The third-order valence-corrected chi connectivity index (χ3v) is 2.50. The molecule has 0 radical (unpaired) electrons. The van der Waals surface area contributed by atoms with Crippen LogP contribution in [0.25, 0.3) is 0 Å². The third kappa shape index (κ3) is 3.31. The van der Waals surface area contributed by atoms with Gasteiger partial charge in [0.15, 0.2) is 0 Å². The molecule has 18 heavy (non-hydrogen) atoms. The molecule has 1 rings (SSSR count). The van der Waals surface area contributed by atoms with Crippen LogP contribution in [0, 0.1) is 0 Å². The van der Waals surface area contributed by atoms with Gasteiger partial charge in [-0.3, -0.25) is 0 Å². The van der Waals surface area contributed by atoms with Gasteiger partial charge in [0.2, 0.25) is 0 Å². The average molecular weight is 291 g/mol. The van der Waals surface area contributed by atoms with Gasteiger partial charge in [0.05, 0.1) is 16.0 Å². The predicted molar refractivity (Wildman–Crippen MR) is 55.3 cm³/mol. The topological polar surface area (TPSA) is 0 Å². The van der Waals surface area contributed by atoms with E-state index in [0.717, 1.165) is 0 Å². The van der Waals surface area contributed by atoms with E-state index >= 15 is 0 Å². The van der Waals surface area contributed by atoms with Crippen molar-refractivity contribution in [2.24, 2.45) is 0 Å². The zero-order valence-corrected chi connectivity index (χ0v) is 10.1. The lowest BCUT2D eigenvalue weighted by molar-refractivity contribution is -0.142. The molecule has 0 aliphatic carbocycles. The maximum absolute atomic E-state index is 12.7. The Morgan fingerprint density at radius 1 is 0.833 bits per heavy atom. The van der Waals surface area contributed by atoms with Crippen LogP contribution in [0.4, 0.5) is 26.3 Å². The molecule has 0 spiro atoms. The van der Waals surface area contributed by atoms with Gasteiger partial charge in [-0.1, -0.05) is 0 Å².